The zero-order chi connectivity index (χ0) is 18.1. The normalized spacial score (nSPS) is 27.0. The predicted octanol–water partition coefficient (Wildman–Crippen LogP) is 2.20. The molecule has 3 fully saturated rings. The van der Waals surface area contributed by atoms with Crippen molar-refractivity contribution >= 4 is 11.8 Å². The quantitative estimate of drug-likeness (QED) is 0.831. The molecule has 0 radical (unpaired) electrons. The summed E-state index contributed by atoms with van der Waals surface area (Å²) in [5, 5.41) is 0. The van der Waals surface area contributed by atoms with E-state index in [2.05, 4.69) is 17.0 Å². The maximum atomic E-state index is 13.5. The predicted molar refractivity (Wildman–Crippen MR) is 98.7 cm³/mol. The van der Waals surface area contributed by atoms with Gasteiger partial charge in [-0.3, -0.25) is 9.59 Å². The molecule has 1 aromatic carbocycles. The number of ether oxygens (including phenoxy) is 1. The summed E-state index contributed by atoms with van der Waals surface area (Å²) < 4.78 is 5.00. The summed E-state index contributed by atoms with van der Waals surface area (Å²) in [5.41, 5.74) is 0.881. The highest BCUT2D eigenvalue weighted by Crippen LogP contribution is 2.50. The topological polar surface area (TPSA) is 49.9 Å². The van der Waals surface area contributed by atoms with Gasteiger partial charge in [0, 0.05) is 32.8 Å². The lowest BCUT2D eigenvalue weighted by Gasteiger charge is -2.48. The number of methoxy groups -OCH3 is 1. The lowest BCUT2D eigenvalue weighted by molar-refractivity contribution is -0.145. The lowest BCUT2D eigenvalue weighted by Crippen LogP contribution is -2.58. The van der Waals surface area contributed by atoms with Crippen LogP contribution in [0.3, 0.4) is 0 Å². The fourth-order valence-electron chi connectivity index (χ4n) is 4.88. The van der Waals surface area contributed by atoms with Gasteiger partial charge in [0.15, 0.2) is 0 Å². The van der Waals surface area contributed by atoms with Crippen LogP contribution in [0.25, 0.3) is 0 Å². The Hall–Kier alpha value is -1.88. The second-order valence-corrected chi connectivity index (χ2v) is 7.98. The molecule has 2 amide bonds. The summed E-state index contributed by atoms with van der Waals surface area (Å²) in [6.07, 6.45) is 4.94. The van der Waals surface area contributed by atoms with Gasteiger partial charge in [0.05, 0.1) is 5.41 Å². The van der Waals surface area contributed by atoms with Crippen LogP contribution >= 0.6 is 0 Å². The van der Waals surface area contributed by atoms with Gasteiger partial charge in [-0.1, -0.05) is 30.3 Å². The van der Waals surface area contributed by atoms with Gasteiger partial charge in [0.25, 0.3) is 0 Å². The van der Waals surface area contributed by atoms with Crippen molar-refractivity contribution in [3.05, 3.63) is 35.9 Å². The fraction of sp³-hybridized carbons (Fsp3) is 0.619. The minimum absolute atomic E-state index is 0.0670. The molecule has 2 heterocycles. The van der Waals surface area contributed by atoms with E-state index in [4.69, 9.17) is 4.74 Å². The van der Waals surface area contributed by atoms with Crippen LogP contribution in [0, 0.1) is 5.92 Å². The smallest absolute Gasteiger partial charge is 0.248 e. The lowest BCUT2D eigenvalue weighted by atomic mass is 9.82. The van der Waals surface area contributed by atoms with Crippen molar-refractivity contribution in [1.29, 1.82) is 0 Å². The van der Waals surface area contributed by atoms with Crippen molar-refractivity contribution in [1.82, 2.24) is 9.80 Å². The highest BCUT2D eigenvalue weighted by molar-refractivity contribution is 5.91. The summed E-state index contributed by atoms with van der Waals surface area (Å²) in [4.78, 5) is 29.7. The summed E-state index contributed by atoms with van der Waals surface area (Å²) in [6.45, 7) is 2.50. The largest absolute Gasteiger partial charge is 0.375 e. The van der Waals surface area contributed by atoms with E-state index in [1.165, 1.54) is 5.56 Å². The monoisotopic (exact) mass is 356 g/mol. The molecule has 3 aliphatic rings. The number of hydrogen-bond acceptors (Lipinski definition) is 3. The number of amides is 2. The maximum absolute atomic E-state index is 13.5. The molecule has 1 aromatic rings. The molecule has 26 heavy (non-hydrogen) atoms. The molecule has 1 saturated carbocycles. The molecule has 0 aromatic heterocycles. The van der Waals surface area contributed by atoms with Crippen molar-refractivity contribution in [2.75, 3.05) is 33.4 Å². The second kappa shape index (κ2) is 7.03. The number of benzene rings is 1. The van der Waals surface area contributed by atoms with Crippen LogP contribution in [-0.4, -0.2) is 61.0 Å². The Balaban J connectivity index is 1.48. The van der Waals surface area contributed by atoms with Crippen LogP contribution in [0.1, 0.15) is 37.7 Å². The Labute approximate surface area is 155 Å². The molecule has 2 saturated heterocycles. The van der Waals surface area contributed by atoms with Gasteiger partial charge < -0.3 is 14.5 Å². The van der Waals surface area contributed by atoms with E-state index in [9.17, 15) is 9.59 Å². The summed E-state index contributed by atoms with van der Waals surface area (Å²) in [5.74, 6) is 0.779. The van der Waals surface area contributed by atoms with Gasteiger partial charge in [-0.25, -0.2) is 0 Å². The highest BCUT2D eigenvalue weighted by Gasteiger charge is 2.55. The Kier molecular flexibility index (Phi) is 4.74. The van der Waals surface area contributed by atoms with E-state index in [0.29, 0.717) is 11.8 Å². The average Bonchev–Trinajstić information content (AvgIpc) is 3.49. The molecule has 5 nitrogen and oxygen atoms in total. The van der Waals surface area contributed by atoms with Crippen LogP contribution < -0.4 is 0 Å². The Morgan fingerprint density at radius 1 is 1.15 bits per heavy atom. The molecule has 0 unspecified atom stereocenters. The van der Waals surface area contributed by atoms with Crippen molar-refractivity contribution < 1.29 is 14.3 Å². The maximum Gasteiger partial charge on any atom is 0.248 e. The van der Waals surface area contributed by atoms with E-state index in [1.807, 2.05) is 23.1 Å². The minimum Gasteiger partial charge on any atom is -0.375 e. The number of fused-ring (bicyclic) bond motifs is 1. The van der Waals surface area contributed by atoms with Gasteiger partial charge in [0.1, 0.15) is 6.61 Å². The van der Waals surface area contributed by atoms with Crippen molar-refractivity contribution in [3.63, 3.8) is 0 Å². The Morgan fingerprint density at radius 3 is 2.62 bits per heavy atom. The van der Waals surface area contributed by atoms with E-state index < -0.39 is 0 Å². The first-order chi connectivity index (χ1) is 12.7. The zero-order valence-corrected chi connectivity index (χ0v) is 15.5. The molecular formula is C21H28N2O3. The van der Waals surface area contributed by atoms with Crippen LogP contribution in [-0.2, 0) is 19.7 Å². The first kappa shape index (κ1) is 17.5. The Morgan fingerprint density at radius 2 is 1.92 bits per heavy atom. The second-order valence-electron chi connectivity index (χ2n) is 7.98. The number of carbonyl (C=O) groups is 2. The van der Waals surface area contributed by atoms with Crippen molar-refractivity contribution in [2.24, 2.45) is 5.92 Å². The van der Waals surface area contributed by atoms with Crippen molar-refractivity contribution in [2.45, 2.75) is 43.6 Å². The minimum atomic E-state index is -0.286. The summed E-state index contributed by atoms with van der Waals surface area (Å²) in [7, 11) is 1.56. The molecule has 0 bridgehead atoms. The number of rotatable bonds is 4. The molecule has 0 N–H and O–H groups in total. The van der Waals surface area contributed by atoms with Gasteiger partial charge in [0.2, 0.25) is 11.8 Å². The molecule has 5 heteroatoms. The average molecular weight is 356 g/mol. The van der Waals surface area contributed by atoms with Gasteiger partial charge >= 0.3 is 0 Å². The van der Waals surface area contributed by atoms with Crippen LogP contribution in [0.5, 0.6) is 0 Å². The van der Waals surface area contributed by atoms with Crippen LogP contribution in [0.15, 0.2) is 30.3 Å². The van der Waals surface area contributed by atoms with Gasteiger partial charge in [-0.2, -0.15) is 0 Å². The Bertz CT molecular complexity index is 671. The fourth-order valence-corrected chi connectivity index (χ4v) is 4.88. The third-order valence-electron chi connectivity index (χ3n) is 6.44. The van der Waals surface area contributed by atoms with Crippen LogP contribution in [0.4, 0.5) is 0 Å². The highest BCUT2D eigenvalue weighted by atomic mass is 16.5. The van der Waals surface area contributed by atoms with Crippen LogP contribution in [0.2, 0.25) is 0 Å². The standard InChI is InChI=1S/C21H28N2O3/c1-26-15-19(24)22-13-9-18-16(14-22)6-5-12-23(18)20(25)21(10-11-21)17-7-3-2-4-8-17/h2-4,7-8,16,18H,5-6,9-15H2,1H3/t16-,18+/m1/s1. The van der Waals surface area contributed by atoms with E-state index >= 15 is 0 Å². The molecule has 2 aliphatic heterocycles. The summed E-state index contributed by atoms with van der Waals surface area (Å²) >= 11 is 0. The molecule has 1 aliphatic carbocycles. The molecule has 2 atom stereocenters. The molecule has 0 spiro atoms. The molecular weight excluding hydrogens is 328 g/mol. The number of piperidine rings is 2. The van der Waals surface area contributed by atoms with E-state index in [0.717, 1.165) is 51.7 Å². The number of hydrogen-bond donors (Lipinski definition) is 0. The molecule has 4 rings (SSSR count). The number of carbonyl (C=O) groups excluding carboxylic acids is 2. The molecule has 140 valence electrons. The third-order valence-corrected chi connectivity index (χ3v) is 6.44. The first-order valence-electron chi connectivity index (χ1n) is 9.79. The van der Waals surface area contributed by atoms with Crippen molar-refractivity contribution in [3.8, 4) is 0 Å². The van der Waals surface area contributed by atoms with E-state index in [1.54, 1.807) is 7.11 Å². The summed E-state index contributed by atoms with van der Waals surface area (Å²) in [6, 6.07) is 10.5. The third kappa shape index (κ3) is 3.02. The number of nitrogens with zero attached hydrogens (tertiary/aromatic N) is 2. The zero-order valence-electron chi connectivity index (χ0n) is 15.5. The van der Waals surface area contributed by atoms with E-state index in [-0.39, 0.29) is 24.0 Å². The SMILES string of the molecule is COCC(=O)N1CC[C@H]2[C@H](CCCN2C(=O)C2(c3ccccc3)CC2)C1. The number of likely N-dealkylation sites (tertiary alicyclic amines) is 2. The van der Waals surface area contributed by atoms with Gasteiger partial charge in [-0.15, -0.1) is 0 Å². The first-order valence-corrected chi connectivity index (χ1v) is 9.79. The van der Waals surface area contributed by atoms with Gasteiger partial charge in [-0.05, 0) is 43.6 Å².